The van der Waals surface area contributed by atoms with Crippen LogP contribution >= 0.6 is 0 Å². The van der Waals surface area contributed by atoms with Gasteiger partial charge in [0.25, 0.3) is 0 Å². The molecule has 10 nitrogen and oxygen atoms in total. The highest BCUT2D eigenvalue weighted by Gasteiger charge is 2.07. The number of hydrazone groups is 2. The van der Waals surface area contributed by atoms with Crippen LogP contribution in [0.2, 0.25) is 0 Å². The minimum absolute atomic E-state index is 0.150. The first-order chi connectivity index (χ1) is 17.0. The summed E-state index contributed by atoms with van der Waals surface area (Å²) in [4.78, 5) is 23.9. The molecule has 0 radical (unpaired) electrons. The second-order valence-electron chi connectivity index (χ2n) is 7.13. The lowest BCUT2D eigenvalue weighted by Crippen LogP contribution is -2.20. The molecule has 2 rings (SSSR count). The predicted octanol–water partition coefficient (Wildman–Crippen LogP) is 3.27. The van der Waals surface area contributed by atoms with Crippen LogP contribution in [0.15, 0.2) is 46.6 Å². The van der Waals surface area contributed by atoms with E-state index in [-0.39, 0.29) is 24.7 Å². The van der Waals surface area contributed by atoms with Crippen molar-refractivity contribution in [3.05, 3.63) is 47.5 Å². The standard InChI is InChI=1S/C25H32N4O6/c1-5-34-20-12-10-18(14-22(20)32-3)16-26-28-24(30)8-7-9-25(31)29-27-17-19-11-13-21(35-6-2)23(15-19)33-4/h10-17H,5-9H2,1-4H3,(H,28,30)(H,29,31)/b26-16-,27-17-. The molecule has 0 saturated carbocycles. The van der Waals surface area contributed by atoms with Crippen molar-refractivity contribution in [2.75, 3.05) is 27.4 Å². The van der Waals surface area contributed by atoms with Gasteiger partial charge in [-0.1, -0.05) is 0 Å². The summed E-state index contributed by atoms with van der Waals surface area (Å²) in [5, 5.41) is 7.88. The smallest absolute Gasteiger partial charge is 0.240 e. The summed E-state index contributed by atoms with van der Waals surface area (Å²) in [5.41, 5.74) is 6.38. The molecule has 2 amide bonds. The minimum atomic E-state index is -0.295. The highest BCUT2D eigenvalue weighted by Crippen LogP contribution is 2.28. The molecule has 188 valence electrons. The molecule has 0 heterocycles. The topological polar surface area (TPSA) is 120 Å². The van der Waals surface area contributed by atoms with Crippen molar-refractivity contribution in [2.24, 2.45) is 10.2 Å². The lowest BCUT2D eigenvalue weighted by molar-refractivity contribution is -0.122. The van der Waals surface area contributed by atoms with E-state index in [4.69, 9.17) is 18.9 Å². The first kappa shape index (κ1) is 27.2. The summed E-state index contributed by atoms with van der Waals surface area (Å²) in [5.74, 6) is 1.85. The molecule has 0 spiro atoms. The molecule has 2 N–H and O–H groups in total. The van der Waals surface area contributed by atoms with Gasteiger partial charge in [-0.3, -0.25) is 9.59 Å². The number of carbonyl (C=O) groups is 2. The van der Waals surface area contributed by atoms with Gasteiger partial charge in [-0.2, -0.15) is 10.2 Å². The van der Waals surface area contributed by atoms with E-state index in [0.717, 1.165) is 11.1 Å². The number of hydrogen-bond acceptors (Lipinski definition) is 8. The molecular formula is C25H32N4O6. The zero-order chi connectivity index (χ0) is 25.5. The lowest BCUT2D eigenvalue weighted by atomic mass is 10.2. The molecule has 0 aliphatic carbocycles. The second-order valence-corrected chi connectivity index (χ2v) is 7.13. The van der Waals surface area contributed by atoms with Gasteiger partial charge >= 0.3 is 0 Å². The summed E-state index contributed by atoms with van der Waals surface area (Å²) in [6, 6.07) is 10.7. The number of amides is 2. The average Bonchev–Trinajstić information content (AvgIpc) is 2.86. The third-order valence-electron chi connectivity index (χ3n) is 4.59. The van der Waals surface area contributed by atoms with E-state index in [1.807, 2.05) is 13.8 Å². The molecule has 35 heavy (non-hydrogen) atoms. The van der Waals surface area contributed by atoms with Gasteiger partial charge in [-0.25, -0.2) is 10.9 Å². The molecule has 0 aromatic heterocycles. The predicted molar refractivity (Wildman–Crippen MR) is 134 cm³/mol. The zero-order valence-electron chi connectivity index (χ0n) is 20.5. The maximum absolute atomic E-state index is 12.0. The average molecular weight is 485 g/mol. The van der Waals surface area contributed by atoms with Crippen molar-refractivity contribution >= 4 is 24.2 Å². The van der Waals surface area contributed by atoms with Gasteiger partial charge in [-0.15, -0.1) is 0 Å². The molecule has 10 heteroatoms. The molecule has 0 bridgehead atoms. The lowest BCUT2D eigenvalue weighted by Gasteiger charge is -2.09. The van der Waals surface area contributed by atoms with Gasteiger partial charge < -0.3 is 18.9 Å². The summed E-state index contributed by atoms with van der Waals surface area (Å²) < 4.78 is 21.5. The Bertz CT molecular complexity index is 957. The summed E-state index contributed by atoms with van der Waals surface area (Å²) in [6.07, 6.45) is 3.67. The Balaban J connectivity index is 1.72. The Hall–Kier alpha value is -4.08. The maximum Gasteiger partial charge on any atom is 0.240 e. The van der Waals surface area contributed by atoms with Gasteiger partial charge in [0.2, 0.25) is 11.8 Å². The highest BCUT2D eigenvalue weighted by atomic mass is 16.5. The first-order valence-electron chi connectivity index (χ1n) is 11.3. The number of methoxy groups -OCH3 is 2. The van der Waals surface area contributed by atoms with Crippen LogP contribution in [0.1, 0.15) is 44.2 Å². The molecule has 0 aliphatic heterocycles. The third kappa shape index (κ3) is 9.36. The summed E-state index contributed by atoms with van der Waals surface area (Å²) in [7, 11) is 3.11. The van der Waals surface area contributed by atoms with E-state index in [9.17, 15) is 9.59 Å². The Morgan fingerprint density at radius 2 is 1.17 bits per heavy atom. The molecule has 0 unspecified atom stereocenters. The molecule has 0 saturated heterocycles. The van der Waals surface area contributed by atoms with Crippen molar-refractivity contribution in [1.82, 2.24) is 10.9 Å². The molecule has 0 atom stereocenters. The Morgan fingerprint density at radius 3 is 1.54 bits per heavy atom. The van der Waals surface area contributed by atoms with Crippen molar-refractivity contribution in [3.63, 3.8) is 0 Å². The number of rotatable bonds is 14. The van der Waals surface area contributed by atoms with E-state index in [2.05, 4.69) is 21.1 Å². The third-order valence-corrected chi connectivity index (χ3v) is 4.59. The van der Waals surface area contributed by atoms with E-state index in [1.165, 1.54) is 12.4 Å². The Morgan fingerprint density at radius 1 is 0.743 bits per heavy atom. The van der Waals surface area contributed by atoms with Crippen LogP contribution in [0.25, 0.3) is 0 Å². The Labute approximate surface area is 205 Å². The first-order valence-corrected chi connectivity index (χ1v) is 11.3. The van der Waals surface area contributed by atoms with Crippen LogP contribution in [-0.2, 0) is 9.59 Å². The van der Waals surface area contributed by atoms with Crippen molar-refractivity contribution in [2.45, 2.75) is 33.1 Å². The molecule has 2 aromatic carbocycles. The molecule has 0 fully saturated rings. The van der Waals surface area contributed by atoms with Crippen LogP contribution in [0.3, 0.4) is 0 Å². The number of nitrogens with one attached hydrogen (secondary N) is 2. The monoisotopic (exact) mass is 484 g/mol. The van der Waals surface area contributed by atoms with Crippen LogP contribution < -0.4 is 29.8 Å². The van der Waals surface area contributed by atoms with Gasteiger partial charge in [0.15, 0.2) is 23.0 Å². The van der Waals surface area contributed by atoms with E-state index < -0.39 is 0 Å². The van der Waals surface area contributed by atoms with Crippen molar-refractivity contribution < 1.29 is 28.5 Å². The number of hydrogen-bond donors (Lipinski definition) is 2. The number of carbonyl (C=O) groups excluding carboxylic acids is 2. The van der Waals surface area contributed by atoms with Crippen molar-refractivity contribution in [3.8, 4) is 23.0 Å². The minimum Gasteiger partial charge on any atom is -0.493 e. The van der Waals surface area contributed by atoms with Crippen molar-refractivity contribution in [1.29, 1.82) is 0 Å². The zero-order valence-corrected chi connectivity index (χ0v) is 20.5. The largest absolute Gasteiger partial charge is 0.493 e. The van der Waals surface area contributed by atoms with Gasteiger partial charge in [0.05, 0.1) is 39.9 Å². The van der Waals surface area contributed by atoms with Crippen LogP contribution in [0, 0.1) is 0 Å². The fraction of sp³-hybridized carbons (Fsp3) is 0.360. The SMILES string of the molecule is CCOc1ccc(/C=N\NC(=O)CCCC(=O)N/N=C\c2ccc(OCC)c(OC)c2)cc1OC. The molecular weight excluding hydrogens is 452 g/mol. The van der Waals surface area contributed by atoms with Crippen LogP contribution in [0.5, 0.6) is 23.0 Å². The number of nitrogens with zero attached hydrogens (tertiary/aromatic N) is 2. The normalized spacial score (nSPS) is 10.9. The van der Waals surface area contributed by atoms with Gasteiger partial charge in [-0.05, 0) is 67.8 Å². The second kappa shape index (κ2) is 14.9. The van der Waals surface area contributed by atoms with Crippen LogP contribution in [-0.4, -0.2) is 51.7 Å². The van der Waals surface area contributed by atoms with Gasteiger partial charge in [0.1, 0.15) is 0 Å². The van der Waals surface area contributed by atoms with E-state index in [0.29, 0.717) is 42.6 Å². The van der Waals surface area contributed by atoms with Gasteiger partial charge in [0, 0.05) is 12.8 Å². The fourth-order valence-corrected chi connectivity index (χ4v) is 2.96. The summed E-state index contributed by atoms with van der Waals surface area (Å²) in [6.45, 7) is 4.84. The highest BCUT2D eigenvalue weighted by molar-refractivity contribution is 5.84. The van der Waals surface area contributed by atoms with E-state index >= 15 is 0 Å². The quantitative estimate of drug-likeness (QED) is 0.314. The summed E-state index contributed by atoms with van der Waals surface area (Å²) >= 11 is 0. The van der Waals surface area contributed by atoms with Crippen LogP contribution in [0.4, 0.5) is 0 Å². The number of ether oxygens (including phenoxy) is 4. The number of benzene rings is 2. The fourth-order valence-electron chi connectivity index (χ4n) is 2.96. The molecule has 0 aliphatic rings. The molecule has 2 aromatic rings. The van der Waals surface area contributed by atoms with E-state index in [1.54, 1.807) is 50.6 Å². The maximum atomic E-state index is 12.0. The Kier molecular flexibility index (Phi) is 11.6.